The predicted molar refractivity (Wildman–Crippen MR) is 73.6 cm³/mol. The van der Waals surface area contributed by atoms with Crippen molar-refractivity contribution in [3.05, 3.63) is 57.3 Å². The molecule has 0 fully saturated rings. The van der Waals surface area contributed by atoms with Gasteiger partial charge in [0.1, 0.15) is 12.4 Å². The molecule has 18 heavy (non-hydrogen) atoms. The Morgan fingerprint density at radius 2 is 2.17 bits per heavy atom. The standard InChI is InChI=1S/C13H11BrClNO2/c14-11-5-9(7-17)1-2-13(11)18-8-10-3-4-16-6-12(10)15/h1-6,17H,7-8H2. The van der Waals surface area contributed by atoms with E-state index < -0.39 is 0 Å². The average Bonchev–Trinajstić information content (AvgIpc) is 2.39. The quantitative estimate of drug-likeness (QED) is 0.933. The summed E-state index contributed by atoms with van der Waals surface area (Å²) in [6, 6.07) is 7.26. The molecule has 0 atom stereocenters. The number of hydrogen-bond acceptors (Lipinski definition) is 3. The lowest BCUT2D eigenvalue weighted by atomic mass is 10.2. The molecule has 1 aromatic carbocycles. The number of aliphatic hydroxyl groups excluding tert-OH is 1. The Bertz CT molecular complexity index is 548. The maximum absolute atomic E-state index is 9.01. The van der Waals surface area contributed by atoms with E-state index in [-0.39, 0.29) is 6.61 Å². The largest absolute Gasteiger partial charge is 0.488 e. The molecule has 0 aliphatic heterocycles. The van der Waals surface area contributed by atoms with E-state index in [1.807, 2.05) is 24.3 Å². The Labute approximate surface area is 119 Å². The van der Waals surface area contributed by atoms with Crippen molar-refractivity contribution in [3.8, 4) is 5.75 Å². The second kappa shape index (κ2) is 6.18. The van der Waals surface area contributed by atoms with Gasteiger partial charge in [-0.15, -0.1) is 0 Å². The summed E-state index contributed by atoms with van der Waals surface area (Å²) in [5.74, 6) is 0.708. The molecule has 94 valence electrons. The number of halogens is 2. The van der Waals surface area contributed by atoms with Gasteiger partial charge in [0.15, 0.2) is 0 Å². The maximum atomic E-state index is 9.01. The summed E-state index contributed by atoms with van der Waals surface area (Å²) in [5.41, 5.74) is 1.71. The van der Waals surface area contributed by atoms with Crippen LogP contribution in [0.3, 0.4) is 0 Å². The number of aromatic nitrogens is 1. The fraction of sp³-hybridized carbons (Fsp3) is 0.154. The first-order valence-corrected chi connectivity index (χ1v) is 6.48. The molecule has 0 radical (unpaired) electrons. The van der Waals surface area contributed by atoms with Crippen LogP contribution in [0.4, 0.5) is 0 Å². The van der Waals surface area contributed by atoms with Gasteiger partial charge in [-0.3, -0.25) is 4.98 Å². The lowest BCUT2D eigenvalue weighted by molar-refractivity contribution is 0.280. The highest BCUT2D eigenvalue weighted by atomic mass is 79.9. The van der Waals surface area contributed by atoms with Crippen LogP contribution in [0.25, 0.3) is 0 Å². The van der Waals surface area contributed by atoms with Crippen molar-refractivity contribution in [1.82, 2.24) is 4.98 Å². The normalized spacial score (nSPS) is 10.4. The third-order valence-electron chi connectivity index (χ3n) is 2.42. The van der Waals surface area contributed by atoms with Gasteiger partial charge in [0.25, 0.3) is 0 Å². The number of aliphatic hydroxyl groups is 1. The highest BCUT2D eigenvalue weighted by Crippen LogP contribution is 2.27. The van der Waals surface area contributed by atoms with Crippen molar-refractivity contribution in [3.63, 3.8) is 0 Å². The van der Waals surface area contributed by atoms with E-state index in [4.69, 9.17) is 21.4 Å². The summed E-state index contributed by atoms with van der Waals surface area (Å²) in [4.78, 5) is 3.92. The van der Waals surface area contributed by atoms with Crippen LogP contribution >= 0.6 is 27.5 Å². The van der Waals surface area contributed by atoms with E-state index in [1.165, 1.54) is 0 Å². The first-order chi connectivity index (χ1) is 8.70. The molecule has 0 amide bonds. The lowest BCUT2D eigenvalue weighted by Gasteiger charge is -2.10. The second-order valence-electron chi connectivity index (χ2n) is 3.68. The van der Waals surface area contributed by atoms with Gasteiger partial charge in [0, 0.05) is 18.0 Å². The minimum atomic E-state index is 0.00899. The van der Waals surface area contributed by atoms with Gasteiger partial charge in [-0.25, -0.2) is 0 Å². The van der Waals surface area contributed by atoms with Crippen LogP contribution in [0.5, 0.6) is 5.75 Å². The van der Waals surface area contributed by atoms with Crippen LogP contribution in [0.1, 0.15) is 11.1 Å². The van der Waals surface area contributed by atoms with Crippen LogP contribution in [-0.4, -0.2) is 10.1 Å². The van der Waals surface area contributed by atoms with Crippen molar-refractivity contribution in [2.45, 2.75) is 13.2 Å². The zero-order valence-corrected chi connectivity index (χ0v) is 11.8. The van der Waals surface area contributed by atoms with Gasteiger partial charge in [0.2, 0.25) is 0 Å². The Hall–Kier alpha value is -1.10. The van der Waals surface area contributed by atoms with E-state index in [1.54, 1.807) is 12.4 Å². The Morgan fingerprint density at radius 1 is 1.33 bits per heavy atom. The highest BCUT2D eigenvalue weighted by Gasteiger charge is 2.05. The third-order valence-corrected chi connectivity index (χ3v) is 3.38. The van der Waals surface area contributed by atoms with Gasteiger partial charge >= 0.3 is 0 Å². The molecule has 0 bridgehead atoms. The Balaban J connectivity index is 2.09. The number of nitrogens with zero attached hydrogens (tertiary/aromatic N) is 1. The summed E-state index contributed by atoms with van der Waals surface area (Å²) in [5, 5.41) is 9.60. The average molecular weight is 329 g/mol. The van der Waals surface area contributed by atoms with Crippen LogP contribution in [0.15, 0.2) is 41.1 Å². The Kier molecular flexibility index (Phi) is 4.58. The van der Waals surface area contributed by atoms with E-state index >= 15 is 0 Å². The number of rotatable bonds is 4. The van der Waals surface area contributed by atoms with E-state index in [0.29, 0.717) is 17.4 Å². The van der Waals surface area contributed by atoms with Gasteiger partial charge < -0.3 is 9.84 Å². The number of pyridine rings is 1. The first kappa shape index (κ1) is 13.3. The second-order valence-corrected chi connectivity index (χ2v) is 4.94. The zero-order chi connectivity index (χ0) is 13.0. The summed E-state index contributed by atoms with van der Waals surface area (Å²) in [7, 11) is 0. The fourth-order valence-electron chi connectivity index (χ4n) is 1.44. The van der Waals surface area contributed by atoms with Gasteiger partial charge in [-0.2, -0.15) is 0 Å². The predicted octanol–water partition coefficient (Wildman–Crippen LogP) is 3.57. The van der Waals surface area contributed by atoms with E-state index in [9.17, 15) is 0 Å². The molecular formula is C13H11BrClNO2. The van der Waals surface area contributed by atoms with Crippen molar-refractivity contribution in [2.24, 2.45) is 0 Å². The molecule has 1 heterocycles. The molecule has 5 heteroatoms. The maximum Gasteiger partial charge on any atom is 0.134 e. The van der Waals surface area contributed by atoms with Crippen molar-refractivity contribution in [2.75, 3.05) is 0 Å². The van der Waals surface area contributed by atoms with E-state index in [0.717, 1.165) is 15.6 Å². The summed E-state index contributed by atoms with van der Waals surface area (Å²) in [6.07, 6.45) is 3.26. The minimum absolute atomic E-state index is 0.00899. The van der Waals surface area contributed by atoms with Crippen molar-refractivity contribution < 1.29 is 9.84 Å². The molecule has 0 saturated heterocycles. The van der Waals surface area contributed by atoms with Crippen molar-refractivity contribution in [1.29, 1.82) is 0 Å². The molecule has 2 rings (SSSR count). The first-order valence-electron chi connectivity index (χ1n) is 5.31. The third kappa shape index (κ3) is 3.22. The smallest absolute Gasteiger partial charge is 0.134 e. The summed E-state index contributed by atoms with van der Waals surface area (Å²) >= 11 is 9.39. The topological polar surface area (TPSA) is 42.4 Å². The van der Waals surface area contributed by atoms with Gasteiger partial charge in [-0.1, -0.05) is 17.7 Å². The molecule has 2 aromatic rings. The minimum Gasteiger partial charge on any atom is -0.488 e. The molecule has 0 saturated carbocycles. The van der Waals surface area contributed by atoms with Gasteiger partial charge in [-0.05, 0) is 39.7 Å². The molecular weight excluding hydrogens is 318 g/mol. The van der Waals surface area contributed by atoms with Gasteiger partial charge in [0.05, 0.1) is 16.1 Å². The molecule has 3 nitrogen and oxygen atoms in total. The number of hydrogen-bond donors (Lipinski definition) is 1. The van der Waals surface area contributed by atoms with Crippen LogP contribution < -0.4 is 4.74 Å². The lowest BCUT2D eigenvalue weighted by Crippen LogP contribution is -1.97. The number of ether oxygens (including phenoxy) is 1. The molecule has 0 unspecified atom stereocenters. The molecule has 0 aliphatic rings. The number of benzene rings is 1. The van der Waals surface area contributed by atoms with Crippen LogP contribution in [0.2, 0.25) is 5.02 Å². The summed E-state index contributed by atoms with van der Waals surface area (Å²) < 4.78 is 6.47. The molecule has 0 spiro atoms. The summed E-state index contributed by atoms with van der Waals surface area (Å²) in [6.45, 7) is 0.382. The monoisotopic (exact) mass is 327 g/mol. The van der Waals surface area contributed by atoms with Crippen LogP contribution in [0, 0.1) is 0 Å². The molecule has 1 N–H and O–H groups in total. The van der Waals surface area contributed by atoms with Crippen molar-refractivity contribution >= 4 is 27.5 Å². The highest BCUT2D eigenvalue weighted by molar-refractivity contribution is 9.10. The molecule has 0 aliphatic carbocycles. The van der Waals surface area contributed by atoms with E-state index in [2.05, 4.69) is 20.9 Å². The molecule has 1 aromatic heterocycles. The fourth-order valence-corrected chi connectivity index (χ4v) is 2.15. The Morgan fingerprint density at radius 3 is 2.83 bits per heavy atom. The van der Waals surface area contributed by atoms with Crippen LogP contribution in [-0.2, 0) is 13.2 Å². The SMILES string of the molecule is OCc1ccc(OCc2ccncc2Cl)c(Br)c1. The zero-order valence-electron chi connectivity index (χ0n) is 9.44.